The molecule has 1 heterocycles. The van der Waals surface area contributed by atoms with Crippen LogP contribution in [0.2, 0.25) is 0 Å². The molecule has 0 radical (unpaired) electrons. The molecule has 0 saturated carbocycles. The number of ether oxygens (including phenoxy) is 1. The maximum atomic E-state index is 11.4. The van der Waals surface area contributed by atoms with E-state index in [0.29, 0.717) is 6.54 Å². The van der Waals surface area contributed by atoms with Crippen molar-refractivity contribution in [1.29, 1.82) is 0 Å². The van der Waals surface area contributed by atoms with E-state index in [0.717, 1.165) is 30.5 Å². The van der Waals surface area contributed by atoms with Gasteiger partial charge in [0.15, 0.2) is 0 Å². The molecule has 0 spiro atoms. The second-order valence-electron chi connectivity index (χ2n) is 6.25. The average Bonchev–Trinajstić information content (AvgIpc) is 2.88. The summed E-state index contributed by atoms with van der Waals surface area (Å²) in [6, 6.07) is 8.11. The standard InChI is InChI=1S/C17H24N2O3/c1-17(2,3)22-16(20)19-9-4-8-18-12-13-5-6-15-14(11-13)7-10-21-15/h5-7,10-11,18H,4,8-9,12H2,1-3H3,(H,19,20). The zero-order valence-corrected chi connectivity index (χ0v) is 13.4. The molecule has 0 aliphatic heterocycles. The Morgan fingerprint density at radius 3 is 2.82 bits per heavy atom. The van der Waals surface area contributed by atoms with E-state index in [4.69, 9.17) is 9.15 Å². The van der Waals surface area contributed by atoms with Gasteiger partial charge in [-0.05, 0) is 57.5 Å². The predicted molar refractivity (Wildman–Crippen MR) is 86.8 cm³/mol. The first kappa shape index (κ1) is 16.4. The summed E-state index contributed by atoms with van der Waals surface area (Å²) in [5, 5.41) is 7.22. The molecule has 1 amide bonds. The van der Waals surface area contributed by atoms with E-state index in [1.165, 1.54) is 5.56 Å². The number of alkyl carbamates (subject to hydrolysis) is 1. The van der Waals surface area contributed by atoms with Gasteiger partial charge >= 0.3 is 6.09 Å². The van der Waals surface area contributed by atoms with Gasteiger partial charge < -0.3 is 19.8 Å². The highest BCUT2D eigenvalue weighted by atomic mass is 16.6. The fraction of sp³-hybridized carbons (Fsp3) is 0.471. The Hall–Kier alpha value is -2.01. The number of amides is 1. The Balaban J connectivity index is 1.60. The van der Waals surface area contributed by atoms with E-state index >= 15 is 0 Å². The van der Waals surface area contributed by atoms with Gasteiger partial charge in [0.1, 0.15) is 11.2 Å². The highest BCUT2D eigenvalue weighted by Crippen LogP contribution is 2.16. The molecule has 5 heteroatoms. The molecule has 2 N–H and O–H groups in total. The summed E-state index contributed by atoms with van der Waals surface area (Å²) in [7, 11) is 0. The third kappa shape index (κ3) is 5.41. The van der Waals surface area contributed by atoms with E-state index < -0.39 is 5.60 Å². The van der Waals surface area contributed by atoms with Crippen LogP contribution in [0.3, 0.4) is 0 Å². The summed E-state index contributed by atoms with van der Waals surface area (Å²) in [5.74, 6) is 0. The van der Waals surface area contributed by atoms with Gasteiger partial charge in [-0.2, -0.15) is 0 Å². The molecule has 5 nitrogen and oxygen atoms in total. The molecule has 2 aromatic rings. The van der Waals surface area contributed by atoms with Gasteiger partial charge in [0.2, 0.25) is 0 Å². The Labute approximate surface area is 131 Å². The molecular weight excluding hydrogens is 280 g/mol. The Kier molecular flexibility index (Phi) is 5.44. The highest BCUT2D eigenvalue weighted by molar-refractivity contribution is 5.77. The van der Waals surface area contributed by atoms with Crippen LogP contribution >= 0.6 is 0 Å². The summed E-state index contributed by atoms with van der Waals surface area (Å²) >= 11 is 0. The van der Waals surface area contributed by atoms with Gasteiger partial charge in [0.05, 0.1) is 6.26 Å². The Bertz CT molecular complexity index is 614. The lowest BCUT2D eigenvalue weighted by atomic mass is 10.1. The highest BCUT2D eigenvalue weighted by Gasteiger charge is 2.15. The molecule has 120 valence electrons. The van der Waals surface area contributed by atoms with Crippen LogP contribution in [0.15, 0.2) is 34.9 Å². The van der Waals surface area contributed by atoms with Crippen LogP contribution in [0.1, 0.15) is 32.8 Å². The molecule has 0 fully saturated rings. The molecule has 22 heavy (non-hydrogen) atoms. The van der Waals surface area contributed by atoms with Crippen molar-refractivity contribution in [3.8, 4) is 0 Å². The lowest BCUT2D eigenvalue weighted by Crippen LogP contribution is -2.33. The first-order valence-corrected chi connectivity index (χ1v) is 7.58. The quantitative estimate of drug-likeness (QED) is 0.803. The Morgan fingerprint density at radius 1 is 1.23 bits per heavy atom. The van der Waals surface area contributed by atoms with Crippen LogP contribution in [-0.4, -0.2) is 24.8 Å². The second kappa shape index (κ2) is 7.31. The number of furan rings is 1. The minimum absolute atomic E-state index is 0.363. The number of nitrogens with one attached hydrogen (secondary N) is 2. The molecule has 0 aliphatic rings. The molecule has 0 saturated heterocycles. The topological polar surface area (TPSA) is 63.5 Å². The van der Waals surface area contributed by atoms with Crippen molar-refractivity contribution < 1.29 is 13.9 Å². The van der Waals surface area contributed by atoms with E-state index in [-0.39, 0.29) is 6.09 Å². The van der Waals surface area contributed by atoms with E-state index in [2.05, 4.69) is 22.8 Å². The molecule has 0 aliphatic carbocycles. The fourth-order valence-electron chi connectivity index (χ4n) is 2.08. The second-order valence-corrected chi connectivity index (χ2v) is 6.25. The van der Waals surface area contributed by atoms with Crippen molar-refractivity contribution in [3.05, 3.63) is 36.1 Å². The molecule has 1 aromatic heterocycles. The van der Waals surface area contributed by atoms with E-state index in [1.54, 1.807) is 6.26 Å². The predicted octanol–water partition coefficient (Wildman–Crippen LogP) is 3.44. The lowest BCUT2D eigenvalue weighted by molar-refractivity contribution is 0.0527. The summed E-state index contributed by atoms with van der Waals surface area (Å²) in [6.07, 6.45) is 2.19. The van der Waals surface area contributed by atoms with Gasteiger partial charge in [0.25, 0.3) is 0 Å². The lowest BCUT2D eigenvalue weighted by Gasteiger charge is -2.19. The Morgan fingerprint density at radius 2 is 2.05 bits per heavy atom. The number of carbonyl (C=O) groups is 1. The van der Waals surface area contributed by atoms with Crippen LogP contribution in [0.25, 0.3) is 11.0 Å². The van der Waals surface area contributed by atoms with Crippen molar-refractivity contribution in [2.24, 2.45) is 0 Å². The van der Waals surface area contributed by atoms with Gasteiger partial charge in [0, 0.05) is 18.5 Å². The molecule has 0 atom stereocenters. The summed E-state index contributed by atoms with van der Waals surface area (Å²) in [6.45, 7) is 7.79. The van der Waals surface area contributed by atoms with Gasteiger partial charge in [-0.3, -0.25) is 0 Å². The van der Waals surface area contributed by atoms with E-state index in [9.17, 15) is 4.79 Å². The summed E-state index contributed by atoms with van der Waals surface area (Å²) < 4.78 is 10.5. The number of carbonyl (C=O) groups excluding carboxylic acids is 1. The molecular formula is C17H24N2O3. The van der Waals surface area contributed by atoms with Gasteiger partial charge in [-0.15, -0.1) is 0 Å². The number of rotatable bonds is 6. The van der Waals surface area contributed by atoms with Crippen LogP contribution < -0.4 is 10.6 Å². The van der Waals surface area contributed by atoms with Crippen molar-refractivity contribution >= 4 is 17.1 Å². The first-order valence-electron chi connectivity index (χ1n) is 7.58. The number of hydrogen-bond donors (Lipinski definition) is 2. The van der Waals surface area contributed by atoms with E-state index in [1.807, 2.05) is 32.9 Å². The number of hydrogen-bond acceptors (Lipinski definition) is 4. The number of fused-ring (bicyclic) bond motifs is 1. The zero-order valence-electron chi connectivity index (χ0n) is 13.4. The normalized spacial score (nSPS) is 11.6. The fourth-order valence-corrected chi connectivity index (χ4v) is 2.08. The van der Waals surface area contributed by atoms with Crippen LogP contribution in [-0.2, 0) is 11.3 Å². The van der Waals surface area contributed by atoms with Crippen molar-refractivity contribution in [2.75, 3.05) is 13.1 Å². The first-order chi connectivity index (χ1) is 10.4. The third-order valence-electron chi connectivity index (χ3n) is 3.04. The largest absolute Gasteiger partial charge is 0.464 e. The molecule has 2 rings (SSSR count). The number of benzene rings is 1. The van der Waals surface area contributed by atoms with Crippen molar-refractivity contribution in [3.63, 3.8) is 0 Å². The minimum atomic E-state index is -0.450. The third-order valence-corrected chi connectivity index (χ3v) is 3.04. The maximum Gasteiger partial charge on any atom is 0.407 e. The van der Waals surface area contributed by atoms with Gasteiger partial charge in [-0.1, -0.05) is 6.07 Å². The maximum absolute atomic E-state index is 11.4. The van der Waals surface area contributed by atoms with Crippen LogP contribution in [0, 0.1) is 0 Å². The molecule has 0 bridgehead atoms. The van der Waals surface area contributed by atoms with Crippen LogP contribution in [0.5, 0.6) is 0 Å². The van der Waals surface area contributed by atoms with Gasteiger partial charge in [-0.25, -0.2) is 4.79 Å². The molecule has 1 aromatic carbocycles. The summed E-state index contributed by atoms with van der Waals surface area (Å²) in [4.78, 5) is 11.4. The van der Waals surface area contributed by atoms with Crippen LogP contribution in [0.4, 0.5) is 4.79 Å². The van der Waals surface area contributed by atoms with Crippen molar-refractivity contribution in [2.45, 2.75) is 39.3 Å². The summed E-state index contributed by atoms with van der Waals surface area (Å²) in [5.41, 5.74) is 1.67. The SMILES string of the molecule is CC(C)(C)OC(=O)NCCCNCc1ccc2occc2c1. The minimum Gasteiger partial charge on any atom is -0.464 e. The zero-order chi connectivity index (χ0) is 16.0. The smallest absolute Gasteiger partial charge is 0.407 e. The average molecular weight is 304 g/mol. The van der Waals surface area contributed by atoms with Crippen molar-refractivity contribution in [1.82, 2.24) is 10.6 Å². The molecule has 0 unspecified atom stereocenters. The monoisotopic (exact) mass is 304 g/mol.